The van der Waals surface area contributed by atoms with E-state index < -0.39 is 0 Å². The van der Waals surface area contributed by atoms with Crippen LogP contribution in [0.3, 0.4) is 0 Å². The molecule has 0 radical (unpaired) electrons. The Kier molecular flexibility index (Phi) is 0.500. The molecule has 0 aliphatic heterocycles. The fraction of sp³-hybridized carbons (Fsp3) is 0. The van der Waals surface area contributed by atoms with E-state index in [0.717, 1.165) is 5.22 Å². The van der Waals surface area contributed by atoms with E-state index in [1.54, 1.807) is 0 Å². The van der Waals surface area contributed by atoms with Crippen molar-refractivity contribution in [3.8, 4) is 0 Å². The first-order valence-electron chi connectivity index (χ1n) is 2.67. The van der Waals surface area contributed by atoms with Crippen LogP contribution in [0.2, 0.25) is 0 Å². The van der Waals surface area contributed by atoms with Crippen LogP contribution >= 0.6 is 0 Å². The Hall–Kier alpha value is -1.04. The second-order valence-electron chi connectivity index (χ2n) is 2.06. The highest BCUT2D eigenvalue weighted by Gasteiger charge is 2.00. The maximum Gasteiger partial charge on any atom is -0.0111 e. The van der Waals surface area contributed by atoms with Crippen molar-refractivity contribution >= 4 is 12.7 Å². The van der Waals surface area contributed by atoms with Crippen molar-refractivity contribution in [3.05, 3.63) is 34.2 Å². The molecule has 0 unspecified atom stereocenters. The fourth-order valence-electron chi connectivity index (χ4n) is 0.893. The van der Waals surface area contributed by atoms with Gasteiger partial charge < -0.3 is 0 Å². The Balaban J connectivity index is 3.03. The summed E-state index contributed by atoms with van der Waals surface area (Å²) in [4.78, 5) is 0. The Labute approximate surface area is 47.8 Å². The molecule has 1 aromatic carbocycles. The molecule has 38 valence electrons. The van der Waals surface area contributed by atoms with E-state index >= 15 is 0 Å². The van der Waals surface area contributed by atoms with E-state index in [-0.39, 0.29) is 0 Å². The third-order valence-electron chi connectivity index (χ3n) is 1.45. The van der Waals surface area contributed by atoms with Gasteiger partial charge in [-0.2, -0.15) is 0 Å². The minimum absolute atomic E-state index is 1.16. The number of hydrogen-bond acceptors (Lipinski definition) is 0. The van der Waals surface area contributed by atoms with Gasteiger partial charge in [0.25, 0.3) is 0 Å². The van der Waals surface area contributed by atoms with Crippen LogP contribution in [0.5, 0.6) is 0 Å². The van der Waals surface area contributed by atoms with Gasteiger partial charge in [0, 0.05) is 0 Å². The van der Waals surface area contributed by atoms with Crippen LogP contribution in [-0.4, -0.2) is 0 Å². The first-order chi connectivity index (χ1) is 3.88. The Morgan fingerprint density at radius 1 is 1.25 bits per heavy atom. The van der Waals surface area contributed by atoms with Crippen LogP contribution < -0.4 is 10.4 Å². The molecule has 2 rings (SSSR count). The molecule has 0 nitrogen and oxygen atoms in total. The zero-order valence-corrected chi connectivity index (χ0v) is 4.52. The van der Waals surface area contributed by atoms with Crippen molar-refractivity contribution in [2.75, 3.05) is 0 Å². The summed E-state index contributed by atoms with van der Waals surface area (Å²) in [6, 6.07) is 6.16. The van der Waals surface area contributed by atoms with Gasteiger partial charge in [0.1, 0.15) is 0 Å². The van der Waals surface area contributed by atoms with Gasteiger partial charge in [-0.15, -0.1) is 0 Å². The summed E-state index contributed by atoms with van der Waals surface area (Å²) in [6.45, 7) is 3.84. The second-order valence-corrected chi connectivity index (χ2v) is 2.06. The van der Waals surface area contributed by atoms with Crippen molar-refractivity contribution < 1.29 is 0 Å². The highest BCUT2D eigenvalue weighted by molar-refractivity contribution is 5.65. The van der Waals surface area contributed by atoms with Crippen molar-refractivity contribution in [2.24, 2.45) is 0 Å². The molecular formula is C8H6. The Morgan fingerprint density at radius 2 is 2.12 bits per heavy atom. The molecule has 0 saturated heterocycles. The number of rotatable bonds is 0. The molecule has 0 heterocycles. The molecule has 0 amide bonds. The molecule has 0 spiro atoms. The lowest BCUT2D eigenvalue weighted by Gasteiger charge is -1.74. The smallest absolute Gasteiger partial charge is 0.0111 e. The molecule has 0 aromatic heterocycles. The van der Waals surface area contributed by atoms with Crippen molar-refractivity contribution in [3.63, 3.8) is 0 Å². The quantitative estimate of drug-likeness (QED) is 0.447. The standard InChI is InChI=1S/C8H6/c1-6-3-2-4-7-5-8(6)7/h2-5H,1H2. The third kappa shape index (κ3) is 0.348. The normalized spacial score (nSPS) is 12.0. The summed E-state index contributed by atoms with van der Waals surface area (Å²) in [7, 11) is 0. The van der Waals surface area contributed by atoms with E-state index in [1.165, 1.54) is 10.8 Å². The van der Waals surface area contributed by atoms with Gasteiger partial charge >= 0.3 is 0 Å². The van der Waals surface area contributed by atoms with Crippen LogP contribution in [-0.2, 0) is 0 Å². The molecule has 1 aliphatic carbocycles. The molecule has 0 saturated carbocycles. The highest BCUT2D eigenvalue weighted by Crippen LogP contribution is 1.98. The molecule has 0 fully saturated rings. The van der Waals surface area contributed by atoms with E-state index in [2.05, 4.69) is 18.7 Å². The van der Waals surface area contributed by atoms with Gasteiger partial charge in [-0.3, -0.25) is 0 Å². The van der Waals surface area contributed by atoms with Gasteiger partial charge in [-0.1, -0.05) is 24.8 Å². The Bertz CT molecular complexity index is 320. The predicted octanol–water partition coefficient (Wildman–Crippen LogP) is 0.239. The average Bonchev–Trinajstić information content (AvgIpc) is 2.45. The van der Waals surface area contributed by atoms with Crippen molar-refractivity contribution in [1.29, 1.82) is 0 Å². The first kappa shape index (κ1) is 3.90. The lowest BCUT2D eigenvalue weighted by molar-refractivity contribution is 1.61. The van der Waals surface area contributed by atoms with Crippen LogP contribution in [0, 0.1) is 0 Å². The topological polar surface area (TPSA) is 0 Å². The lowest BCUT2D eigenvalue weighted by Crippen LogP contribution is -2.13. The molecule has 0 bridgehead atoms. The van der Waals surface area contributed by atoms with Gasteiger partial charge in [0.2, 0.25) is 0 Å². The van der Waals surface area contributed by atoms with Gasteiger partial charge in [-0.25, -0.2) is 0 Å². The molecule has 0 atom stereocenters. The fourth-order valence-corrected chi connectivity index (χ4v) is 0.893. The van der Waals surface area contributed by atoms with Gasteiger partial charge in [0.15, 0.2) is 0 Å². The largest absolute Gasteiger partial charge is 0.0911 e. The zero-order chi connectivity index (χ0) is 5.56. The lowest BCUT2D eigenvalue weighted by atomic mass is 10.3. The second kappa shape index (κ2) is 1.03. The van der Waals surface area contributed by atoms with Crippen LogP contribution in [0.4, 0.5) is 0 Å². The molecule has 1 aromatic rings. The summed E-state index contributed by atoms with van der Waals surface area (Å²) in [6.07, 6.45) is 2.14. The SMILES string of the molecule is C=c1cccc2c1=C2. The van der Waals surface area contributed by atoms with Crippen LogP contribution in [0.15, 0.2) is 18.2 Å². The van der Waals surface area contributed by atoms with E-state index in [1.807, 2.05) is 12.1 Å². The van der Waals surface area contributed by atoms with Crippen LogP contribution in [0.25, 0.3) is 12.7 Å². The van der Waals surface area contributed by atoms with Crippen LogP contribution in [0.1, 0.15) is 5.56 Å². The highest BCUT2D eigenvalue weighted by atomic mass is 14.0. The summed E-state index contributed by atoms with van der Waals surface area (Å²) in [5.74, 6) is 0. The predicted molar refractivity (Wildman–Crippen MR) is 34.8 cm³/mol. The minimum atomic E-state index is 1.16. The molecular weight excluding hydrogens is 96.1 g/mol. The zero-order valence-electron chi connectivity index (χ0n) is 4.52. The molecule has 0 heteroatoms. The maximum absolute atomic E-state index is 3.84. The average molecular weight is 102 g/mol. The summed E-state index contributed by atoms with van der Waals surface area (Å²) in [5.41, 5.74) is 1.36. The maximum atomic E-state index is 3.84. The first-order valence-corrected chi connectivity index (χ1v) is 2.67. The monoisotopic (exact) mass is 102 g/mol. The molecule has 1 aliphatic rings. The third-order valence-corrected chi connectivity index (χ3v) is 1.45. The Morgan fingerprint density at radius 3 is 2.75 bits per heavy atom. The van der Waals surface area contributed by atoms with Gasteiger partial charge in [-0.05, 0) is 22.1 Å². The molecule has 0 N–H and O–H groups in total. The summed E-state index contributed by atoms with van der Waals surface area (Å²) < 4.78 is 0. The number of hydrogen-bond donors (Lipinski definition) is 0. The van der Waals surface area contributed by atoms with Crippen molar-refractivity contribution in [1.82, 2.24) is 0 Å². The van der Waals surface area contributed by atoms with E-state index in [0.29, 0.717) is 0 Å². The van der Waals surface area contributed by atoms with Crippen molar-refractivity contribution in [2.45, 2.75) is 0 Å². The van der Waals surface area contributed by atoms with E-state index in [4.69, 9.17) is 0 Å². The summed E-state index contributed by atoms with van der Waals surface area (Å²) >= 11 is 0. The van der Waals surface area contributed by atoms with E-state index in [9.17, 15) is 0 Å². The minimum Gasteiger partial charge on any atom is -0.0911 e. The molecule has 8 heavy (non-hydrogen) atoms. The summed E-state index contributed by atoms with van der Waals surface area (Å²) in [5, 5.41) is 2.50. The van der Waals surface area contributed by atoms with Gasteiger partial charge in [0.05, 0.1) is 0 Å². The number of benzene rings is 1. The number of fused-ring (bicyclic) bond motifs is 1.